The summed E-state index contributed by atoms with van der Waals surface area (Å²) in [6.45, 7) is 1.85. The zero-order valence-corrected chi connectivity index (χ0v) is 10.5. The minimum atomic E-state index is -0.450. The Hall–Kier alpha value is -0.910. The van der Waals surface area contributed by atoms with E-state index in [0.29, 0.717) is 19.6 Å². The summed E-state index contributed by atoms with van der Waals surface area (Å²) in [5.41, 5.74) is 0. The summed E-state index contributed by atoms with van der Waals surface area (Å²) in [6, 6.07) is 3.85. The Balaban J connectivity index is 1.52. The van der Waals surface area contributed by atoms with Crippen LogP contribution < -0.4 is 10.6 Å². The van der Waals surface area contributed by atoms with Gasteiger partial charge in [-0.2, -0.15) is 0 Å². The molecule has 1 aliphatic carbocycles. The molecule has 0 bridgehead atoms. The Morgan fingerprint density at radius 2 is 2.35 bits per heavy atom. The van der Waals surface area contributed by atoms with Gasteiger partial charge in [-0.15, -0.1) is 11.3 Å². The van der Waals surface area contributed by atoms with E-state index in [1.54, 1.807) is 11.3 Å². The number of carbonyl (C=O) groups is 1. The molecule has 0 radical (unpaired) electrons. The highest BCUT2D eigenvalue weighted by atomic mass is 32.1. The highest BCUT2D eigenvalue weighted by Gasteiger charge is 2.28. The molecule has 17 heavy (non-hydrogen) atoms. The molecule has 1 unspecified atom stereocenters. The van der Waals surface area contributed by atoms with E-state index in [4.69, 9.17) is 0 Å². The summed E-state index contributed by atoms with van der Waals surface area (Å²) in [4.78, 5) is 12.3. The molecular formula is C12H18N2O2S. The van der Waals surface area contributed by atoms with Gasteiger partial charge >= 0.3 is 0 Å². The molecule has 1 heterocycles. The van der Waals surface area contributed by atoms with Gasteiger partial charge in [-0.25, -0.2) is 0 Å². The van der Waals surface area contributed by atoms with Crippen LogP contribution in [-0.4, -0.2) is 30.6 Å². The predicted molar refractivity (Wildman–Crippen MR) is 67.9 cm³/mol. The Bertz CT molecular complexity index is 349. The number of hydrogen-bond acceptors (Lipinski definition) is 4. The molecule has 1 aromatic heterocycles. The maximum absolute atomic E-state index is 11.3. The van der Waals surface area contributed by atoms with E-state index in [0.717, 1.165) is 17.7 Å². The molecule has 0 aliphatic heterocycles. The minimum Gasteiger partial charge on any atom is -0.386 e. The van der Waals surface area contributed by atoms with Gasteiger partial charge in [-0.05, 0) is 24.3 Å². The van der Waals surface area contributed by atoms with Crippen molar-refractivity contribution < 1.29 is 9.90 Å². The molecule has 2 rings (SSSR count). The van der Waals surface area contributed by atoms with E-state index in [1.165, 1.54) is 0 Å². The van der Waals surface area contributed by atoms with Crippen LogP contribution in [-0.2, 0) is 4.79 Å². The number of aliphatic hydroxyl groups is 1. The monoisotopic (exact) mass is 254 g/mol. The van der Waals surface area contributed by atoms with Crippen molar-refractivity contribution in [3.05, 3.63) is 22.4 Å². The van der Waals surface area contributed by atoms with Gasteiger partial charge in [0.05, 0.1) is 0 Å². The predicted octanol–water partition coefficient (Wildman–Crippen LogP) is 0.897. The molecule has 1 atom stereocenters. The number of rotatable bonds is 7. The second-order valence-electron chi connectivity index (χ2n) is 4.30. The lowest BCUT2D eigenvalue weighted by Gasteiger charge is -2.10. The first kappa shape index (κ1) is 12.5. The standard InChI is InChI=1S/C12H18N2O2S/c15-10(11-2-1-7-17-11)8-13-5-6-14-12(16)9-3-4-9/h1-2,7,9-10,13,15H,3-6,8H2,(H,14,16). The van der Waals surface area contributed by atoms with Crippen LogP contribution in [0.15, 0.2) is 17.5 Å². The number of carbonyl (C=O) groups excluding carboxylic acids is 1. The molecule has 3 N–H and O–H groups in total. The quantitative estimate of drug-likeness (QED) is 0.634. The number of nitrogens with one attached hydrogen (secondary N) is 2. The van der Waals surface area contributed by atoms with Gasteiger partial charge in [0.2, 0.25) is 5.91 Å². The minimum absolute atomic E-state index is 0.172. The van der Waals surface area contributed by atoms with Crippen LogP contribution >= 0.6 is 11.3 Å². The van der Waals surface area contributed by atoms with Crippen LogP contribution in [0.5, 0.6) is 0 Å². The highest BCUT2D eigenvalue weighted by Crippen LogP contribution is 2.28. The van der Waals surface area contributed by atoms with Crippen molar-refractivity contribution in [2.24, 2.45) is 5.92 Å². The molecule has 1 saturated carbocycles. The topological polar surface area (TPSA) is 61.4 Å². The van der Waals surface area contributed by atoms with Gasteiger partial charge in [0.1, 0.15) is 6.10 Å². The average Bonchev–Trinajstić information content (AvgIpc) is 3.03. The molecule has 1 aromatic rings. The molecule has 5 heteroatoms. The third-order valence-corrected chi connectivity index (χ3v) is 3.73. The fourth-order valence-electron chi connectivity index (χ4n) is 1.58. The zero-order chi connectivity index (χ0) is 12.1. The molecule has 4 nitrogen and oxygen atoms in total. The molecule has 1 fully saturated rings. The molecule has 1 amide bonds. The van der Waals surface area contributed by atoms with Gasteiger partial charge in [-0.1, -0.05) is 6.07 Å². The van der Waals surface area contributed by atoms with Gasteiger partial charge < -0.3 is 15.7 Å². The molecular weight excluding hydrogens is 236 g/mol. The van der Waals surface area contributed by atoms with E-state index in [1.807, 2.05) is 17.5 Å². The highest BCUT2D eigenvalue weighted by molar-refractivity contribution is 7.10. The summed E-state index contributed by atoms with van der Waals surface area (Å²) in [7, 11) is 0. The van der Waals surface area contributed by atoms with Gasteiger partial charge in [-0.3, -0.25) is 4.79 Å². The van der Waals surface area contributed by atoms with E-state index < -0.39 is 6.10 Å². The number of thiophene rings is 1. The second-order valence-corrected chi connectivity index (χ2v) is 5.28. The molecule has 0 spiro atoms. The van der Waals surface area contributed by atoms with Crippen molar-refractivity contribution >= 4 is 17.2 Å². The van der Waals surface area contributed by atoms with Crippen molar-refractivity contribution in [1.29, 1.82) is 0 Å². The Labute approximate surface area is 105 Å². The van der Waals surface area contributed by atoms with Crippen LogP contribution in [0.1, 0.15) is 23.8 Å². The van der Waals surface area contributed by atoms with E-state index >= 15 is 0 Å². The number of hydrogen-bond donors (Lipinski definition) is 3. The summed E-state index contributed by atoms with van der Waals surface area (Å²) in [5, 5.41) is 17.7. The zero-order valence-electron chi connectivity index (χ0n) is 9.69. The third kappa shape index (κ3) is 4.11. The number of aliphatic hydroxyl groups excluding tert-OH is 1. The van der Waals surface area contributed by atoms with Crippen molar-refractivity contribution in [3.8, 4) is 0 Å². The largest absolute Gasteiger partial charge is 0.386 e. The summed E-state index contributed by atoms with van der Waals surface area (Å²) >= 11 is 1.55. The first-order valence-electron chi connectivity index (χ1n) is 5.97. The van der Waals surface area contributed by atoms with Crippen molar-refractivity contribution in [3.63, 3.8) is 0 Å². The van der Waals surface area contributed by atoms with Gasteiger partial charge in [0, 0.05) is 30.4 Å². The average molecular weight is 254 g/mol. The van der Waals surface area contributed by atoms with Crippen LogP contribution in [0.4, 0.5) is 0 Å². The lowest BCUT2D eigenvalue weighted by atomic mass is 10.3. The van der Waals surface area contributed by atoms with Gasteiger partial charge in [0.25, 0.3) is 0 Å². The normalized spacial score (nSPS) is 16.8. The lowest BCUT2D eigenvalue weighted by molar-refractivity contribution is -0.122. The van der Waals surface area contributed by atoms with Gasteiger partial charge in [0.15, 0.2) is 0 Å². The smallest absolute Gasteiger partial charge is 0.223 e. The Kier molecular flexibility index (Phi) is 4.53. The Morgan fingerprint density at radius 1 is 1.53 bits per heavy atom. The molecule has 94 valence electrons. The SMILES string of the molecule is O=C(NCCNCC(O)c1cccs1)C1CC1. The van der Waals surface area contributed by atoms with Crippen molar-refractivity contribution in [2.75, 3.05) is 19.6 Å². The van der Waals surface area contributed by atoms with Crippen LogP contribution in [0, 0.1) is 5.92 Å². The fourth-order valence-corrected chi connectivity index (χ4v) is 2.30. The number of amides is 1. The maximum Gasteiger partial charge on any atom is 0.223 e. The first-order valence-corrected chi connectivity index (χ1v) is 6.85. The van der Waals surface area contributed by atoms with E-state index in [9.17, 15) is 9.90 Å². The first-order chi connectivity index (χ1) is 8.27. The molecule has 0 saturated heterocycles. The molecule has 1 aliphatic rings. The maximum atomic E-state index is 11.3. The summed E-state index contributed by atoms with van der Waals surface area (Å²) in [6.07, 6.45) is 1.63. The third-order valence-electron chi connectivity index (χ3n) is 2.76. The van der Waals surface area contributed by atoms with Crippen LogP contribution in [0.3, 0.4) is 0 Å². The summed E-state index contributed by atoms with van der Waals surface area (Å²) in [5.74, 6) is 0.442. The fraction of sp³-hybridized carbons (Fsp3) is 0.583. The van der Waals surface area contributed by atoms with E-state index in [2.05, 4.69) is 10.6 Å². The Morgan fingerprint density at radius 3 is 3.00 bits per heavy atom. The van der Waals surface area contributed by atoms with Crippen LogP contribution in [0.2, 0.25) is 0 Å². The second kappa shape index (κ2) is 6.14. The van der Waals surface area contributed by atoms with E-state index in [-0.39, 0.29) is 11.8 Å². The lowest BCUT2D eigenvalue weighted by Crippen LogP contribution is -2.34. The summed E-state index contributed by atoms with van der Waals surface area (Å²) < 4.78 is 0. The van der Waals surface area contributed by atoms with Crippen molar-refractivity contribution in [2.45, 2.75) is 18.9 Å². The van der Waals surface area contributed by atoms with Crippen molar-refractivity contribution in [1.82, 2.24) is 10.6 Å². The molecule has 0 aromatic carbocycles. The van der Waals surface area contributed by atoms with Crippen LogP contribution in [0.25, 0.3) is 0 Å².